The molecule has 3 aromatic heterocycles. The van der Waals surface area contributed by atoms with E-state index in [9.17, 15) is 15.8 Å². The molecule has 0 amide bonds. The second-order valence-corrected chi connectivity index (χ2v) is 13.7. The zero-order valence-corrected chi connectivity index (χ0v) is 29.8. The number of fused-ring (bicyclic) bond motifs is 6. The minimum Gasteiger partial charge on any atom is -0.307 e. The summed E-state index contributed by atoms with van der Waals surface area (Å²) in [5, 5.41) is 34.9. The summed E-state index contributed by atoms with van der Waals surface area (Å²) >= 11 is 0. The number of nitrogens with zero attached hydrogens (tertiary/aromatic N) is 6. The molecular formula is C50H28N6. The molecule has 0 bridgehead atoms. The summed E-state index contributed by atoms with van der Waals surface area (Å²) in [4.78, 5) is 4.42. The van der Waals surface area contributed by atoms with Gasteiger partial charge in [0, 0.05) is 45.1 Å². The first kappa shape index (κ1) is 32.4. The van der Waals surface area contributed by atoms with E-state index >= 15 is 0 Å². The summed E-state index contributed by atoms with van der Waals surface area (Å²) in [7, 11) is 0. The van der Waals surface area contributed by atoms with Crippen LogP contribution in [0.1, 0.15) is 16.7 Å². The first-order valence-corrected chi connectivity index (χ1v) is 18.2. The highest BCUT2D eigenvalue weighted by molar-refractivity contribution is 6.13. The molecule has 0 saturated carbocycles. The molecule has 0 unspecified atom stereocenters. The lowest BCUT2D eigenvalue weighted by Crippen LogP contribution is -2.05. The Labute approximate surface area is 322 Å². The fourth-order valence-electron chi connectivity index (χ4n) is 8.25. The first-order valence-electron chi connectivity index (χ1n) is 18.2. The maximum Gasteiger partial charge on any atom is 0.0999 e. The standard InChI is InChI=1S/C50H28N6/c51-28-34-10-1-3-13-38(34)32-19-21-47-43(24-32)40-15-5-7-17-45(40)55(47)49-26-37(30-53)42(36-12-9-23-54-31-36)27-50(49)56-46-18-8-6-16-41(46)44-25-33(20-22-48(44)56)39-14-4-2-11-35(39)29-52/h1-27,31H. The molecule has 6 nitrogen and oxygen atoms in total. The maximum atomic E-state index is 10.8. The molecule has 10 aromatic rings. The Kier molecular flexibility index (Phi) is 7.53. The second-order valence-electron chi connectivity index (χ2n) is 13.7. The van der Waals surface area contributed by atoms with Crippen LogP contribution in [-0.4, -0.2) is 14.1 Å². The quantitative estimate of drug-likeness (QED) is 0.177. The van der Waals surface area contributed by atoms with Crippen molar-refractivity contribution in [2.75, 3.05) is 0 Å². The lowest BCUT2D eigenvalue weighted by molar-refractivity contribution is 1.09. The summed E-state index contributed by atoms with van der Waals surface area (Å²) < 4.78 is 4.55. The number of hydrogen-bond acceptors (Lipinski definition) is 4. The van der Waals surface area contributed by atoms with E-state index in [4.69, 9.17) is 0 Å². The minimum absolute atomic E-state index is 0.526. The molecule has 56 heavy (non-hydrogen) atoms. The molecule has 0 radical (unpaired) electrons. The van der Waals surface area contributed by atoms with E-state index in [0.29, 0.717) is 16.7 Å². The molecule has 7 aromatic carbocycles. The second kappa shape index (κ2) is 13.0. The van der Waals surface area contributed by atoms with Crippen LogP contribution in [0, 0.1) is 34.0 Å². The highest BCUT2D eigenvalue weighted by Crippen LogP contribution is 2.42. The van der Waals surface area contributed by atoms with Crippen molar-refractivity contribution in [3.8, 4) is 63.0 Å². The molecule has 0 aliphatic carbocycles. The van der Waals surface area contributed by atoms with Gasteiger partial charge < -0.3 is 9.13 Å². The third-order valence-electron chi connectivity index (χ3n) is 10.8. The summed E-state index contributed by atoms with van der Waals surface area (Å²) in [6.45, 7) is 0. The van der Waals surface area contributed by atoms with E-state index in [-0.39, 0.29) is 0 Å². The predicted molar refractivity (Wildman–Crippen MR) is 223 cm³/mol. The van der Waals surface area contributed by atoms with Crippen LogP contribution in [0.3, 0.4) is 0 Å². The van der Waals surface area contributed by atoms with E-state index in [1.165, 1.54) is 0 Å². The van der Waals surface area contributed by atoms with Crippen LogP contribution in [0.25, 0.3) is 88.4 Å². The van der Waals surface area contributed by atoms with Crippen molar-refractivity contribution in [2.24, 2.45) is 0 Å². The molecule has 10 rings (SSSR count). The third kappa shape index (κ3) is 4.97. The van der Waals surface area contributed by atoms with E-state index in [1.54, 1.807) is 12.4 Å². The van der Waals surface area contributed by atoms with Gasteiger partial charge in [0.15, 0.2) is 0 Å². The Morgan fingerprint density at radius 2 is 0.857 bits per heavy atom. The SMILES string of the molecule is N#Cc1ccccc1-c1ccc2c(c1)c1ccccc1n2-c1cc(C#N)c(-c2cccnc2)cc1-n1c2ccccc2c2cc(-c3ccccc3C#N)ccc21. The van der Waals surface area contributed by atoms with Crippen molar-refractivity contribution >= 4 is 43.6 Å². The fraction of sp³-hybridized carbons (Fsp3) is 0. The van der Waals surface area contributed by atoms with Gasteiger partial charge in [-0.05, 0) is 89.0 Å². The van der Waals surface area contributed by atoms with Crippen LogP contribution in [0.2, 0.25) is 0 Å². The molecule has 0 atom stereocenters. The highest BCUT2D eigenvalue weighted by atomic mass is 15.1. The van der Waals surface area contributed by atoms with Gasteiger partial charge in [-0.1, -0.05) is 91.0 Å². The van der Waals surface area contributed by atoms with Crippen molar-refractivity contribution in [1.29, 1.82) is 15.8 Å². The van der Waals surface area contributed by atoms with Crippen LogP contribution < -0.4 is 0 Å². The number of para-hydroxylation sites is 2. The molecule has 0 fully saturated rings. The van der Waals surface area contributed by atoms with Crippen LogP contribution in [0.15, 0.2) is 170 Å². The van der Waals surface area contributed by atoms with Gasteiger partial charge >= 0.3 is 0 Å². The van der Waals surface area contributed by atoms with Crippen LogP contribution >= 0.6 is 0 Å². The Balaban J connectivity index is 1.32. The van der Waals surface area contributed by atoms with E-state index in [1.807, 2.05) is 78.9 Å². The Hall–Kier alpha value is -8.24. The molecule has 6 heteroatoms. The molecular weight excluding hydrogens is 685 g/mol. The van der Waals surface area contributed by atoms with E-state index < -0.39 is 0 Å². The van der Waals surface area contributed by atoms with Crippen LogP contribution in [0.4, 0.5) is 0 Å². The van der Waals surface area contributed by atoms with E-state index in [2.05, 4.69) is 111 Å². The fourth-order valence-corrected chi connectivity index (χ4v) is 8.25. The summed E-state index contributed by atoms with van der Waals surface area (Å²) in [6, 6.07) is 60.1. The van der Waals surface area contributed by atoms with Crippen molar-refractivity contribution in [2.45, 2.75) is 0 Å². The maximum absolute atomic E-state index is 10.8. The molecule has 0 aliphatic rings. The summed E-state index contributed by atoms with van der Waals surface area (Å²) in [6.07, 6.45) is 3.53. The van der Waals surface area contributed by atoms with Crippen LogP contribution in [0.5, 0.6) is 0 Å². The molecule has 0 saturated heterocycles. The molecule has 0 aliphatic heterocycles. The topological polar surface area (TPSA) is 94.1 Å². The van der Waals surface area contributed by atoms with Gasteiger partial charge in [0.2, 0.25) is 0 Å². The number of aromatic nitrogens is 3. The van der Waals surface area contributed by atoms with E-state index in [0.717, 1.165) is 88.4 Å². The average Bonchev–Trinajstić information content (AvgIpc) is 3.78. The first-order chi connectivity index (χ1) is 27.7. The highest BCUT2D eigenvalue weighted by Gasteiger charge is 2.23. The predicted octanol–water partition coefficient (Wildman–Crippen LogP) is 11.9. The molecule has 3 heterocycles. The van der Waals surface area contributed by atoms with Gasteiger partial charge in [-0.15, -0.1) is 0 Å². The van der Waals surface area contributed by atoms with Gasteiger partial charge in [0.05, 0.1) is 68.3 Å². The summed E-state index contributed by atoms with van der Waals surface area (Å²) in [5.41, 5.74) is 12.8. The normalized spacial score (nSPS) is 11.2. The van der Waals surface area contributed by atoms with Gasteiger partial charge in [-0.2, -0.15) is 15.8 Å². The number of pyridine rings is 1. The Bertz CT molecular complexity index is 3350. The average molecular weight is 713 g/mol. The lowest BCUT2D eigenvalue weighted by atomic mass is 9.98. The van der Waals surface area contributed by atoms with Crippen molar-refractivity contribution in [3.05, 3.63) is 187 Å². The Morgan fingerprint density at radius 3 is 1.38 bits per heavy atom. The van der Waals surface area contributed by atoms with Gasteiger partial charge in [-0.3, -0.25) is 4.98 Å². The lowest BCUT2D eigenvalue weighted by Gasteiger charge is -2.19. The zero-order valence-electron chi connectivity index (χ0n) is 29.8. The largest absolute Gasteiger partial charge is 0.307 e. The van der Waals surface area contributed by atoms with Crippen LogP contribution in [-0.2, 0) is 0 Å². The monoisotopic (exact) mass is 712 g/mol. The van der Waals surface area contributed by atoms with Crippen molar-refractivity contribution in [3.63, 3.8) is 0 Å². The molecule has 258 valence electrons. The van der Waals surface area contributed by atoms with Gasteiger partial charge in [-0.25, -0.2) is 0 Å². The van der Waals surface area contributed by atoms with Crippen molar-refractivity contribution < 1.29 is 0 Å². The molecule has 0 spiro atoms. The number of rotatable bonds is 5. The third-order valence-corrected chi connectivity index (χ3v) is 10.8. The van der Waals surface area contributed by atoms with Crippen molar-refractivity contribution in [1.82, 2.24) is 14.1 Å². The minimum atomic E-state index is 0.526. The zero-order chi connectivity index (χ0) is 37.8. The number of benzene rings is 7. The number of hydrogen-bond donors (Lipinski definition) is 0. The number of nitriles is 3. The smallest absolute Gasteiger partial charge is 0.0999 e. The van der Waals surface area contributed by atoms with Gasteiger partial charge in [0.25, 0.3) is 0 Å². The Morgan fingerprint density at radius 1 is 0.375 bits per heavy atom. The molecule has 0 N–H and O–H groups in total. The van der Waals surface area contributed by atoms with Gasteiger partial charge in [0.1, 0.15) is 0 Å². The summed E-state index contributed by atoms with van der Waals surface area (Å²) in [5.74, 6) is 0.